The topological polar surface area (TPSA) is 161 Å². The second kappa shape index (κ2) is 42.6. The van der Waals surface area contributed by atoms with Crippen molar-refractivity contribution in [2.45, 2.75) is 163 Å². The molecular weight excluding hydrogens is 695 g/mol. The lowest BCUT2D eigenvalue weighted by atomic mass is 10.1. The van der Waals surface area contributed by atoms with Gasteiger partial charge in [0, 0.05) is 48.8 Å². The Balaban J connectivity index is -0.000000122. The Kier molecular flexibility index (Phi) is 50.5. The van der Waals surface area contributed by atoms with E-state index in [-0.39, 0.29) is 7.43 Å². The maximum absolute atomic E-state index is 7.02. The van der Waals surface area contributed by atoms with E-state index in [1.54, 1.807) is 6.92 Å². The summed E-state index contributed by atoms with van der Waals surface area (Å²) < 4.78 is 0. The molecule has 0 bridgehead atoms. The van der Waals surface area contributed by atoms with Crippen molar-refractivity contribution in [2.75, 3.05) is 31.6 Å². The van der Waals surface area contributed by atoms with Crippen LogP contribution in [-0.2, 0) is 0 Å². The molecule has 53 heavy (non-hydrogen) atoms. The van der Waals surface area contributed by atoms with Gasteiger partial charge >= 0.3 is 0 Å². The number of nitrogens with two attached hydrogens (primary N) is 2. The standard InChI is InChI=1S/C7H14N2.C7H13NS.C6H13N.C6H12.C5H12N2S.C5H12N2.C5H11N.CH4/c2*1-6(2)5-7-8-3-4-9-7;1-5(2)4-6(3)7;1-4-5-6(2)3;1-4(2)7-5(6)8-3;1-4(2)7-5(3)6;1-4(2)5(3)6;/h6H,3-5H2,1-2H3,(H,8,9);6H,3-5H2,1-2H3;5,7H,4H2,1-3H3;4,6H,1,5H2,2-3H3;4H,1-3H3,(H2,6,7);4H,1-3H3,(H2,6,7);4,6H,1-3H3;1H4. The second-order valence-electron chi connectivity index (χ2n) is 15.3. The third kappa shape index (κ3) is 68.4. The van der Waals surface area contributed by atoms with Crippen LogP contribution in [0.3, 0.4) is 0 Å². The van der Waals surface area contributed by atoms with E-state index in [9.17, 15) is 0 Å². The minimum atomic E-state index is 0. The van der Waals surface area contributed by atoms with Gasteiger partial charge in [0.2, 0.25) is 0 Å². The monoisotopic (exact) mass is 786 g/mol. The van der Waals surface area contributed by atoms with Crippen molar-refractivity contribution in [3.05, 3.63) is 12.7 Å². The highest BCUT2D eigenvalue weighted by molar-refractivity contribution is 8.14. The number of nitrogens with zero attached hydrogens (tertiary/aromatic N) is 4. The summed E-state index contributed by atoms with van der Waals surface area (Å²) in [6.07, 6.45) is 8.25. The molecule has 0 aromatic heterocycles. The van der Waals surface area contributed by atoms with E-state index in [1.165, 1.54) is 34.8 Å². The number of hydrogen-bond acceptors (Lipinski definition) is 9. The summed E-state index contributed by atoms with van der Waals surface area (Å²) >= 11 is 3.40. The average molecular weight is 786 g/mol. The van der Waals surface area contributed by atoms with Crippen molar-refractivity contribution in [3.8, 4) is 0 Å². The molecule has 11 heteroatoms. The average Bonchev–Trinajstić information content (AvgIpc) is 3.67. The van der Waals surface area contributed by atoms with Gasteiger partial charge in [0.1, 0.15) is 0 Å². The smallest absolute Gasteiger partial charge is 0.153 e. The fourth-order valence-electron chi connectivity index (χ4n) is 3.48. The number of thioether (sulfide) groups is 2. The van der Waals surface area contributed by atoms with Gasteiger partial charge < -0.3 is 27.6 Å². The summed E-state index contributed by atoms with van der Waals surface area (Å²) in [6, 6.07) is 0.660. The molecular formula is C42H91N9S2. The Morgan fingerprint density at radius 1 is 0.811 bits per heavy atom. The maximum Gasteiger partial charge on any atom is 0.153 e. The first kappa shape index (κ1) is 62.8. The molecule has 2 heterocycles. The molecule has 0 atom stereocenters. The van der Waals surface area contributed by atoms with E-state index >= 15 is 0 Å². The van der Waals surface area contributed by atoms with Crippen LogP contribution in [0.25, 0.3) is 0 Å². The van der Waals surface area contributed by atoms with Crippen molar-refractivity contribution in [1.82, 2.24) is 5.32 Å². The third-order valence-corrected chi connectivity index (χ3v) is 7.39. The molecule has 0 saturated carbocycles. The SMILES string of the molecule is C.C=CCC(C)C.CC(=N)C(C)C.CC(=N)CC(C)C.CC(C)CC1=NCCN1.CC(C)CC1=NCCS1.CC(N)=NC(C)C.CSC(N)=NC(C)C. The molecule has 2 aliphatic rings. The molecule has 2 rings (SSSR count). The van der Waals surface area contributed by atoms with Gasteiger partial charge in [-0.1, -0.05) is 94.5 Å². The van der Waals surface area contributed by atoms with Crippen LogP contribution in [0.5, 0.6) is 0 Å². The Hall–Kier alpha value is -2.14. The number of aliphatic imine (C=N–C) groups is 4. The first-order valence-electron chi connectivity index (χ1n) is 19.2. The van der Waals surface area contributed by atoms with Crippen molar-refractivity contribution in [1.29, 1.82) is 10.8 Å². The van der Waals surface area contributed by atoms with Gasteiger partial charge in [-0.15, -0.1) is 18.3 Å². The van der Waals surface area contributed by atoms with Gasteiger partial charge in [0.05, 0.1) is 23.3 Å². The predicted octanol–water partition coefficient (Wildman–Crippen LogP) is 11.7. The minimum Gasteiger partial charge on any atom is -0.388 e. The molecule has 0 radical (unpaired) electrons. The number of amidine groups is 3. The minimum absolute atomic E-state index is 0. The zero-order valence-corrected chi connectivity index (χ0v) is 38.9. The Morgan fingerprint density at radius 3 is 1.47 bits per heavy atom. The summed E-state index contributed by atoms with van der Waals surface area (Å²) in [5, 5.41) is 19.2. The number of nitrogens with one attached hydrogen (secondary N) is 3. The molecule has 316 valence electrons. The highest BCUT2D eigenvalue weighted by Gasteiger charge is 2.08. The van der Waals surface area contributed by atoms with Crippen LogP contribution in [0.15, 0.2) is 32.6 Å². The summed E-state index contributed by atoms with van der Waals surface area (Å²) in [4.78, 5) is 16.7. The van der Waals surface area contributed by atoms with Crippen molar-refractivity contribution in [3.63, 3.8) is 0 Å². The van der Waals surface area contributed by atoms with Crippen molar-refractivity contribution < 1.29 is 0 Å². The van der Waals surface area contributed by atoms with Crippen LogP contribution < -0.4 is 16.8 Å². The summed E-state index contributed by atoms with van der Waals surface area (Å²) in [7, 11) is 0. The van der Waals surface area contributed by atoms with E-state index in [0.29, 0.717) is 34.9 Å². The normalized spacial score (nSPS) is 13.2. The van der Waals surface area contributed by atoms with E-state index in [1.807, 2.05) is 79.5 Å². The quantitative estimate of drug-likeness (QED) is 0.0799. The van der Waals surface area contributed by atoms with Crippen LogP contribution in [0.4, 0.5) is 0 Å². The lowest BCUT2D eigenvalue weighted by molar-refractivity contribution is 0.664. The Morgan fingerprint density at radius 2 is 1.30 bits per heavy atom. The lowest BCUT2D eigenvalue weighted by Crippen LogP contribution is -2.19. The Labute approximate surface area is 339 Å². The summed E-state index contributed by atoms with van der Waals surface area (Å²) in [5.74, 6) is 6.44. The Bertz CT molecular complexity index is 961. The third-order valence-electron chi connectivity index (χ3n) is 5.85. The fraction of sp³-hybridized carbons (Fsp3) is 0.810. The lowest BCUT2D eigenvalue weighted by Gasteiger charge is -2.03. The second-order valence-corrected chi connectivity index (χ2v) is 17.3. The van der Waals surface area contributed by atoms with E-state index < -0.39 is 0 Å². The zero-order valence-electron chi connectivity index (χ0n) is 37.2. The van der Waals surface area contributed by atoms with Crippen LogP contribution in [0.2, 0.25) is 0 Å². The summed E-state index contributed by atoms with van der Waals surface area (Å²) in [5.41, 5.74) is 12.2. The number of hydrogen-bond donors (Lipinski definition) is 5. The predicted molar refractivity (Wildman–Crippen MR) is 254 cm³/mol. The molecule has 0 fully saturated rings. The van der Waals surface area contributed by atoms with Gasteiger partial charge in [-0.2, -0.15) is 0 Å². The van der Waals surface area contributed by atoms with E-state index in [4.69, 9.17) is 22.3 Å². The van der Waals surface area contributed by atoms with Crippen LogP contribution in [0.1, 0.15) is 151 Å². The van der Waals surface area contributed by atoms with E-state index in [2.05, 4.69) is 87.3 Å². The largest absolute Gasteiger partial charge is 0.388 e. The van der Waals surface area contributed by atoms with Gasteiger partial charge in [0.15, 0.2) is 5.17 Å². The van der Waals surface area contributed by atoms with Gasteiger partial charge in [-0.25, -0.2) is 0 Å². The van der Waals surface area contributed by atoms with Crippen LogP contribution in [-0.4, -0.2) is 77.0 Å². The molecule has 0 aromatic rings. The van der Waals surface area contributed by atoms with Crippen molar-refractivity contribution in [2.24, 2.45) is 61.0 Å². The maximum atomic E-state index is 7.02. The van der Waals surface area contributed by atoms with E-state index in [0.717, 1.165) is 68.1 Å². The molecule has 0 unspecified atom stereocenters. The van der Waals surface area contributed by atoms with Gasteiger partial charge in [0.25, 0.3) is 0 Å². The highest BCUT2D eigenvalue weighted by Crippen LogP contribution is 2.17. The fourth-order valence-corrected chi connectivity index (χ4v) is 4.85. The molecule has 7 N–H and O–H groups in total. The highest BCUT2D eigenvalue weighted by atomic mass is 32.2. The molecule has 0 saturated heterocycles. The van der Waals surface area contributed by atoms with Gasteiger partial charge in [-0.05, 0) is 104 Å². The number of allylic oxidation sites excluding steroid dienone is 1. The number of rotatable bonds is 11. The molecule has 2 aliphatic heterocycles. The van der Waals surface area contributed by atoms with Gasteiger partial charge in [-0.3, -0.25) is 20.0 Å². The van der Waals surface area contributed by atoms with Crippen LogP contribution in [0, 0.1) is 40.4 Å². The van der Waals surface area contributed by atoms with Crippen LogP contribution >= 0.6 is 23.5 Å². The zero-order chi connectivity index (χ0) is 41.8. The first-order valence-corrected chi connectivity index (χ1v) is 21.4. The van der Waals surface area contributed by atoms with Crippen molar-refractivity contribution >= 4 is 56.8 Å². The molecule has 9 nitrogen and oxygen atoms in total. The molecule has 0 spiro atoms. The molecule has 0 aliphatic carbocycles. The first-order chi connectivity index (χ1) is 23.9. The summed E-state index contributed by atoms with van der Waals surface area (Å²) in [6.45, 7) is 41.7. The molecule has 0 amide bonds. The molecule has 0 aromatic carbocycles.